The molecule has 2 aromatic carbocycles. The van der Waals surface area contributed by atoms with E-state index in [1.165, 1.54) is 48.5 Å². The molecule has 11 nitrogen and oxygen atoms in total. The fourth-order valence-corrected chi connectivity index (χ4v) is 3.34. The highest BCUT2D eigenvalue weighted by Gasteiger charge is 2.35. The van der Waals surface area contributed by atoms with Crippen molar-refractivity contribution in [2.75, 3.05) is 4.90 Å². The number of amides is 1. The van der Waals surface area contributed by atoms with Crippen LogP contribution >= 0.6 is 11.8 Å². The number of anilines is 1. The predicted molar refractivity (Wildman–Crippen MR) is 104 cm³/mol. The summed E-state index contributed by atoms with van der Waals surface area (Å²) in [6.45, 7) is 0. The first-order valence-corrected chi connectivity index (χ1v) is 8.62. The zero-order chi connectivity index (χ0) is 21.1. The largest absolute Gasteiger partial charge is 0.478 e. The zero-order valence-electron chi connectivity index (χ0n) is 14.3. The molecule has 12 heteroatoms. The summed E-state index contributed by atoms with van der Waals surface area (Å²) < 4.78 is 0. The second kappa shape index (κ2) is 7.90. The summed E-state index contributed by atoms with van der Waals surface area (Å²) >= 11 is 0.805. The van der Waals surface area contributed by atoms with Crippen molar-refractivity contribution in [1.82, 2.24) is 0 Å². The third-order valence-electron chi connectivity index (χ3n) is 3.66. The van der Waals surface area contributed by atoms with Crippen LogP contribution in [0.4, 0.5) is 22.7 Å². The van der Waals surface area contributed by atoms with Crippen molar-refractivity contribution in [3.05, 3.63) is 79.7 Å². The molecule has 1 saturated heterocycles. The summed E-state index contributed by atoms with van der Waals surface area (Å²) in [4.78, 5) is 49.4. The normalized spacial score (nSPS) is 16.4. The van der Waals surface area contributed by atoms with Gasteiger partial charge in [0.15, 0.2) is 5.17 Å². The molecule has 2 aromatic rings. The van der Waals surface area contributed by atoms with Gasteiger partial charge in [-0.25, -0.2) is 9.79 Å². The molecule has 0 aromatic heterocycles. The van der Waals surface area contributed by atoms with E-state index in [-0.39, 0.29) is 27.1 Å². The molecule has 0 aliphatic carbocycles. The summed E-state index contributed by atoms with van der Waals surface area (Å²) in [5.41, 5.74) is 0.239. The summed E-state index contributed by atoms with van der Waals surface area (Å²) in [7, 11) is 0. The summed E-state index contributed by atoms with van der Waals surface area (Å²) in [5.74, 6) is -1.98. The molecule has 0 spiro atoms. The molecule has 1 aliphatic heterocycles. The molecule has 1 aliphatic rings. The second-order valence-corrected chi connectivity index (χ2v) is 6.54. The minimum atomic E-state index is -1.32. The van der Waals surface area contributed by atoms with E-state index in [4.69, 9.17) is 5.11 Å². The van der Waals surface area contributed by atoms with Crippen LogP contribution in [0.5, 0.6) is 0 Å². The van der Waals surface area contributed by atoms with Crippen LogP contribution in [-0.2, 0) is 9.59 Å². The van der Waals surface area contributed by atoms with E-state index in [1.54, 1.807) is 0 Å². The highest BCUT2D eigenvalue weighted by molar-refractivity contribution is 8.19. The van der Waals surface area contributed by atoms with Crippen molar-refractivity contribution >= 4 is 51.6 Å². The zero-order valence-corrected chi connectivity index (χ0v) is 15.1. The van der Waals surface area contributed by atoms with E-state index in [1.807, 2.05) is 0 Å². The van der Waals surface area contributed by atoms with Crippen LogP contribution in [-0.4, -0.2) is 32.0 Å². The molecular formula is C17H10N4O7S. The van der Waals surface area contributed by atoms with Gasteiger partial charge in [0.1, 0.15) is 0 Å². The third-order valence-corrected chi connectivity index (χ3v) is 4.63. The molecule has 1 heterocycles. The lowest BCUT2D eigenvalue weighted by Crippen LogP contribution is -2.28. The predicted octanol–water partition coefficient (Wildman–Crippen LogP) is 3.24. The van der Waals surface area contributed by atoms with Gasteiger partial charge in [0.05, 0.1) is 26.1 Å². The van der Waals surface area contributed by atoms with E-state index in [9.17, 15) is 29.8 Å². The fraction of sp³-hybridized carbons (Fsp3) is 0. The van der Waals surface area contributed by atoms with Gasteiger partial charge in [-0.1, -0.05) is 0 Å². The van der Waals surface area contributed by atoms with Gasteiger partial charge in [-0.3, -0.25) is 29.9 Å². The van der Waals surface area contributed by atoms with Gasteiger partial charge < -0.3 is 5.11 Å². The monoisotopic (exact) mass is 414 g/mol. The topological polar surface area (TPSA) is 156 Å². The van der Waals surface area contributed by atoms with E-state index >= 15 is 0 Å². The van der Waals surface area contributed by atoms with Gasteiger partial charge in [-0.15, -0.1) is 0 Å². The number of carboxylic acids is 1. The van der Waals surface area contributed by atoms with Crippen molar-refractivity contribution in [3.8, 4) is 0 Å². The number of carbonyl (C=O) groups is 2. The van der Waals surface area contributed by atoms with E-state index in [0.717, 1.165) is 22.7 Å². The summed E-state index contributed by atoms with van der Waals surface area (Å²) in [5, 5.41) is 30.7. The number of nitrogens with zero attached hydrogens (tertiary/aromatic N) is 4. The molecule has 29 heavy (non-hydrogen) atoms. The van der Waals surface area contributed by atoms with Crippen LogP contribution in [0.1, 0.15) is 0 Å². The highest BCUT2D eigenvalue weighted by Crippen LogP contribution is 2.36. The van der Waals surface area contributed by atoms with Gasteiger partial charge >= 0.3 is 5.97 Å². The maximum absolute atomic E-state index is 12.7. The number of aliphatic carboxylic acids is 1. The second-order valence-electron chi connectivity index (χ2n) is 5.53. The number of nitro benzene ring substituents is 2. The Bertz CT molecular complexity index is 1080. The molecule has 1 fully saturated rings. The Morgan fingerprint density at radius 1 is 1.00 bits per heavy atom. The van der Waals surface area contributed by atoms with Gasteiger partial charge in [-0.05, 0) is 36.0 Å². The Kier molecular flexibility index (Phi) is 5.36. The first kappa shape index (κ1) is 19.7. The van der Waals surface area contributed by atoms with Crippen LogP contribution in [0.3, 0.4) is 0 Å². The smallest absolute Gasteiger partial charge is 0.329 e. The molecule has 0 bridgehead atoms. The van der Waals surface area contributed by atoms with Crippen LogP contribution in [0.15, 0.2) is 64.5 Å². The quantitative estimate of drug-likeness (QED) is 0.444. The number of carbonyl (C=O) groups excluding carboxylic acids is 1. The van der Waals surface area contributed by atoms with Crippen LogP contribution in [0.2, 0.25) is 0 Å². The number of non-ortho nitro benzene ring substituents is 2. The number of hydrogen-bond acceptors (Lipinski definition) is 8. The Balaban J connectivity index is 2.03. The third kappa shape index (κ3) is 4.27. The van der Waals surface area contributed by atoms with Crippen LogP contribution in [0, 0.1) is 20.2 Å². The number of aliphatic imine (C=N–C) groups is 1. The van der Waals surface area contributed by atoms with Gasteiger partial charge in [0, 0.05) is 30.3 Å². The lowest BCUT2D eigenvalue weighted by Gasteiger charge is -2.15. The van der Waals surface area contributed by atoms with E-state index in [0.29, 0.717) is 5.69 Å². The average Bonchev–Trinajstić information content (AvgIpc) is 2.96. The molecule has 0 radical (unpaired) electrons. The Morgan fingerprint density at radius 2 is 1.52 bits per heavy atom. The molecule has 0 unspecified atom stereocenters. The first-order chi connectivity index (χ1) is 13.8. The average molecular weight is 414 g/mol. The Labute approximate surface area is 166 Å². The molecule has 3 rings (SSSR count). The molecule has 0 saturated carbocycles. The number of nitro groups is 2. The highest BCUT2D eigenvalue weighted by atomic mass is 32.2. The molecule has 1 amide bonds. The molecule has 1 N–H and O–H groups in total. The van der Waals surface area contributed by atoms with Crippen molar-refractivity contribution in [1.29, 1.82) is 0 Å². The number of benzene rings is 2. The van der Waals surface area contributed by atoms with E-state index < -0.39 is 21.7 Å². The lowest BCUT2D eigenvalue weighted by molar-refractivity contribution is -0.385. The minimum Gasteiger partial charge on any atom is -0.478 e. The van der Waals surface area contributed by atoms with Gasteiger partial charge in [-0.2, -0.15) is 0 Å². The molecule has 146 valence electrons. The number of rotatable bonds is 5. The lowest BCUT2D eigenvalue weighted by atomic mass is 10.2. The number of amidine groups is 1. The Morgan fingerprint density at radius 3 is 2.00 bits per heavy atom. The summed E-state index contributed by atoms with van der Waals surface area (Å²) in [6.07, 6.45) is 0.740. The minimum absolute atomic E-state index is 0.100. The first-order valence-electron chi connectivity index (χ1n) is 7.81. The maximum atomic E-state index is 12.7. The van der Waals surface area contributed by atoms with Crippen LogP contribution in [0.25, 0.3) is 0 Å². The molecular weight excluding hydrogens is 404 g/mol. The van der Waals surface area contributed by atoms with Gasteiger partial charge in [0.2, 0.25) is 0 Å². The van der Waals surface area contributed by atoms with Crippen molar-refractivity contribution in [2.24, 2.45) is 4.99 Å². The number of thioether (sulfide) groups is 1. The van der Waals surface area contributed by atoms with Crippen molar-refractivity contribution in [2.45, 2.75) is 0 Å². The maximum Gasteiger partial charge on any atom is 0.329 e. The van der Waals surface area contributed by atoms with Crippen molar-refractivity contribution < 1.29 is 24.5 Å². The number of hydrogen-bond donors (Lipinski definition) is 1. The van der Waals surface area contributed by atoms with Crippen LogP contribution < -0.4 is 4.90 Å². The van der Waals surface area contributed by atoms with Crippen molar-refractivity contribution in [3.63, 3.8) is 0 Å². The fourth-order valence-electron chi connectivity index (χ4n) is 2.37. The summed E-state index contributed by atoms with van der Waals surface area (Å²) in [6, 6.07) is 10.3. The molecule has 0 atom stereocenters. The number of carboxylic acid groups (broad SMARTS) is 1. The van der Waals surface area contributed by atoms with E-state index in [2.05, 4.69) is 4.99 Å². The standard InChI is InChI=1S/C17H10N4O7S/c22-15(23)9-14-16(24)19(11-5-7-13(8-6-11)21(27)28)17(29-14)18-10-1-3-12(4-2-10)20(25)26/h1-9H,(H,22,23)/b14-9-,18-17?. The SMILES string of the molecule is O=C(O)/C=C1\SC(=Nc2ccc([N+](=O)[O-])cc2)N(c2ccc([N+](=O)[O-])cc2)C1=O. The van der Waals surface area contributed by atoms with Gasteiger partial charge in [0.25, 0.3) is 17.3 Å². The Hall–Kier alpha value is -4.06.